The van der Waals surface area contributed by atoms with Crippen molar-refractivity contribution in [1.82, 2.24) is 34.7 Å². The van der Waals surface area contributed by atoms with E-state index in [1.54, 1.807) is 18.5 Å². The number of amides is 1. The number of likely N-dealkylation sites (tertiary alicyclic amines) is 1. The topological polar surface area (TPSA) is 81.7 Å². The van der Waals surface area contributed by atoms with E-state index in [1.807, 2.05) is 47.0 Å². The second-order valence-electron chi connectivity index (χ2n) is 7.92. The fourth-order valence-electron chi connectivity index (χ4n) is 4.13. The summed E-state index contributed by atoms with van der Waals surface area (Å²) in [6, 6.07) is 10.6. The lowest BCUT2D eigenvalue weighted by Crippen LogP contribution is -2.38. The molecular formula is C23H22FN7O. The lowest BCUT2D eigenvalue weighted by molar-refractivity contribution is 0.0721. The molecule has 1 saturated heterocycles. The average Bonchev–Trinajstić information content (AvgIpc) is 3.56. The van der Waals surface area contributed by atoms with Gasteiger partial charge >= 0.3 is 0 Å². The van der Waals surface area contributed by atoms with Crippen LogP contribution < -0.4 is 0 Å². The molecule has 8 nitrogen and oxygen atoms in total. The van der Waals surface area contributed by atoms with Crippen LogP contribution in [0, 0.1) is 12.7 Å². The first-order valence-electron chi connectivity index (χ1n) is 10.5. The van der Waals surface area contributed by atoms with E-state index >= 15 is 0 Å². The minimum Gasteiger partial charge on any atom is -0.334 e. The van der Waals surface area contributed by atoms with Crippen LogP contribution in [-0.4, -0.2) is 53.2 Å². The van der Waals surface area contributed by atoms with Crippen molar-refractivity contribution in [3.05, 3.63) is 78.1 Å². The van der Waals surface area contributed by atoms with E-state index in [9.17, 15) is 9.18 Å². The number of pyridine rings is 1. The van der Waals surface area contributed by atoms with Crippen LogP contribution >= 0.6 is 0 Å². The lowest BCUT2D eigenvalue weighted by Gasteiger charge is -2.25. The van der Waals surface area contributed by atoms with Gasteiger partial charge in [-0.15, -0.1) is 0 Å². The molecule has 0 spiro atoms. The van der Waals surface area contributed by atoms with Gasteiger partial charge in [0, 0.05) is 12.7 Å². The van der Waals surface area contributed by atoms with Gasteiger partial charge in [-0.05, 0) is 50.1 Å². The van der Waals surface area contributed by atoms with Gasteiger partial charge in [-0.25, -0.2) is 4.39 Å². The molecule has 0 bridgehead atoms. The molecule has 0 N–H and O–H groups in total. The summed E-state index contributed by atoms with van der Waals surface area (Å²) >= 11 is 0. The molecule has 1 fully saturated rings. The molecule has 1 aliphatic rings. The summed E-state index contributed by atoms with van der Waals surface area (Å²) in [6.45, 7) is 3.23. The second kappa shape index (κ2) is 8.33. The van der Waals surface area contributed by atoms with Crippen LogP contribution in [0.25, 0.3) is 17.1 Å². The maximum absolute atomic E-state index is 13.6. The predicted octanol–water partition coefficient (Wildman–Crippen LogP) is 3.28. The van der Waals surface area contributed by atoms with Crippen LogP contribution in [0.15, 0.2) is 61.2 Å². The minimum absolute atomic E-state index is 0.0235. The van der Waals surface area contributed by atoms with Crippen LogP contribution in [0.3, 0.4) is 0 Å². The van der Waals surface area contributed by atoms with Crippen LogP contribution in [0.1, 0.15) is 28.8 Å². The Kier molecular flexibility index (Phi) is 5.22. The number of hydrogen-bond acceptors (Lipinski definition) is 5. The highest BCUT2D eigenvalue weighted by Gasteiger charge is 2.31. The zero-order chi connectivity index (χ0) is 22.1. The van der Waals surface area contributed by atoms with Crippen molar-refractivity contribution >= 4 is 5.91 Å². The molecule has 4 aromatic rings. The highest BCUT2D eigenvalue weighted by atomic mass is 19.1. The van der Waals surface area contributed by atoms with Crippen LogP contribution in [-0.2, 0) is 6.54 Å². The van der Waals surface area contributed by atoms with Gasteiger partial charge in [0.25, 0.3) is 5.91 Å². The molecule has 1 atom stereocenters. The lowest BCUT2D eigenvalue weighted by atomic mass is 10.1. The van der Waals surface area contributed by atoms with Gasteiger partial charge in [-0.2, -0.15) is 20.1 Å². The summed E-state index contributed by atoms with van der Waals surface area (Å²) < 4.78 is 15.0. The predicted molar refractivity (Wildman–Crippen MR) is 116 cm³/mol. The number of rotatable bonds is 5. The maximum Gasteiger partial charge on any atom is 0.256 e. The quantitative estimate of drug-likeness (QED) is 0.484. The number of carbonyl (C=O) groups is 1. The Bertz CT molecular complexity index is 1230. The molecule has 3 aromatic heterocycles. The van der Waals surface area contributed by atoms with E-state index in [1.165, 1.54) is 17.1 Å². The SMILES string of the molecule is Cc1ccc(-n2nccn2)c(C(=O)N2CCC[C@H]2Cn2ccc(-c3ccc(F)cn3)n2)c1. The third-order valence-corrected chi connectivity index (χ3v) is 5.68. The molecule has 1 amide bonds. The summed E-state index contributed by atoms with van der Waals surface area (Å²) in [7, 11) is 0. The molecule has 9 heteroatoms. The molecule has 32 heavy (non-hydrogen) atoms. The molecule has 1 aromatic carbocycles. The zero-order valence-corrected chi connectivity index (χ0v) is 17.6. The van der Waals surface area contributed by atoms with Gasteiger partial charge in [-0.3, -0.25) is 14.5 Å². The number of benzene rings is 1. The number of aromatic nitrogens is 6. The third-order valence-electron chi connectivity index (χ3n) is 5.68. The summed E-state index contributed by atoms with van der Waals surface area (Å²) in [4.78, 5) is 21.0. The Morgan fingerprint density at radius 1 is 1.12 bits per heavy atom. The minimum atomic E-state index is -0.380. The van der Waals surface area contributed by atoms with Gasteiger partial charge in [0.05, 0.1) is 48.1 Å². The molecule has 1 aliphatic heterocycles. The first-order chi connectivity index (χ1) is 15.6. The first-order valence-corrected chi connectivity index (χ1v) is 10.5. The van der Waals surface area contributed by atoms with Crippen molar-refractivity contribution in [3.63, 3.8) is 0 Å². The summed E-state index contributed by atoms with van der Waals surface area (Å²) in [5.74, 6) is -0.412. The molecule has 4 heterocycles. The van der Waals surface area contributed by atoms with E-state index in [0.29, 0.717) is 35.7 Å². The normalized spacial score (nSPS) is 15.9. The molecular weight excluding hydrogens is 409 g/mol. The van der Waals surface area contributed by atoms with Crippen LogP contribution in [0.4, 0.5) is 4.39 Å². The summed E-state index contributed by atoms with van der Waals surface area (Å²) in [5, 5.41) is 13.0. The van der Waals surface area contributed by atoms with Crippen molar-refractivity contribution in [2.24, 2.45) is 0 Å². The number of aryl methyl sites for hydroxylation is 1. The van der Waals surface area contributed by atoms with E-state index in [4.69, 9.17) is 0 Å². The van der Waals surface area contributed by atoms with Gasteiger partial charge in [0.2, 0.25) is 0 Å². The van der Waals surface area contributed by atoms with Gasteiger partial charge in [0.1, 0.15) is 11.5 Å². The second-order valence-corrected chi connectivity index (χ2v) is 7.92. The molecule has 0 radical (unpaired) electrons. The van der Waals surface area contributed by atoms with Crippen LogP contribution in [0.2, 0.25) is 0 Å². The van der Waals surface area contributed by atoms with Crippen molar-refractivity contribution in [2.45, 2.75) is 32.4 Å². The smallest absolute Gasteiger partial charge is 0.256 e. The van der Waals surface area contributed by atoms with Crippen molar-refractivity contribution in [1.29, 1.82) is 0 Å². The monoisotopic (exact) mass is 431 g/mol. The van der Waals surface area contributed by atoms with E-state index in [2.05, 4.69) is 20.3 Å². The number of halogens is 1. The van der Waals surface area contributed by atoms with Crippen LogP contribution in [0.5, 0.6) is 0 Å². The Hall–Kier alpha value is -3.88. The Labute approximate surface area is 184 Å². The van der Waals surface area contributed by atoms with Gasteiger partial charge in [0.15, 0.2) is 0 Å². The standard InChI is InChI=1S/C23H22FN7O/c1-16-4-7-22(31-26-9-10-27-31)19(13-16)23(32)30-11-2-3-18(30)15-29-12-8-21(28-29)20-6-5-17(24)14-25-20/h4-10,12-14,18H,2-3,11,15H2,1H3/t18-/m0/s1. The molecule has 0 saturated carbocycles. The highest BCUT2D eigenvalue weighted by molar-refractivity contribution is 5.98. The Balaban J connectivity index is 1.37. The molecule has 0 aliphatic carbocycles. The third kappa shape index (κ3) is 3.89. The fraction of sp³-hybridized carbons (Fsp3) is 0.261. The van der Waals surface area contributed by atoms with E-state index < -0.39 is 0 Å². The van der Waals surface area contributed by atoms with E-state index in [-0.39, 0.29) is 17.8 Å². The number of hydrogen-bond donors (Lipinski definition) is 0. The fourth-order valence-corrected chi connectivity index (χ4v) is 4.13. The van der Waals surface area contributed by atoms with Crippen molar-refractivity contribution in [3.8, 4) is 17.1 Å². The molecule has 162 valence electrons. The van der Waals surface area contributed by atoms with Gasteiger partial charge in [-0.1, -0.05) is 11.6 Å². The highest BCUT2D eigenvalue weighted by Crippen LogP contribution is 2.25. The zero-order valence-electron chi connectivity index (χ0n) is 17.6. The Morgan fingerprint density at radius 3 is 2.75 bits per heavy atom. The first kappa shape index (κ1) is 20.0. The number of carbonyl (C=O) groups excluding carboxylic acids is 1. The largest absolute Gasteiger partial charge is 0.334 e. The maximum atomic E-state index is 13.6. The van der Waals surface area contributed by atoms with Gasteiger partial charge < -0.3 is 4.90 Å². The Morgan fingerprint density at radius 2 is 1.97 bits per heavy atom. The molecule has 0 unspecified atom stereocenters. The van der Waals surface area contributed by atoms with Crippen molar-refractivity contribution in [2.75, 3.05) is 6.54 Å². The average molecular weight is 431 g/mol. The van der Waals surface area contributed by atoms with E-state index in [0.717, 1.165) is 18.4 Å². The summed E-state index contributed by atoms with van der Waals surface area (Å²) in [6.07, 6.45) is 8.07. The summed E-state index contributed by atoms with van der Waals surface area (Å²) in [5.41, 5.74) is 3.54. The number of nitrogens with zero attached hydrogens (tertiary/aromatic N) is 7. The molecule has 5 rings (SSSR count). The van der Waals surface area contributed by atoms with Crippen molar-refractivity contribution < 1.29 is 9.18 Å².